The van der Waals surface area contributed by atoms with Crippen molar-refractivity contribution in [2.45, 2.75) is 13.0 Å². The van der Waals surface area contributed by atoms with E-state index in [2.05, 4.69) is 33.2 Å². The molecular formula is C10H9BrN2S. The highest BCUT2D eigenvalue weighted by atomic mass is 79.9. The van der Waals surface area contributed by atoms with Crippen LogP contribution in [0, 0.1) is 30.6 Å². The summed E-state index contributed by atoms with van der Waals surface area (Å²) < 4.78 is 1.04. The molecule has 0 aliphatic rings. The maximum Gasteiger partial charge on any atom is 0.131 e. The lowest BCUT2D eigenvalue weighted by molar-refractivity contribution is 0.701. The molecule has 14 heavy (non-hydrogen) atoms. The third kappa shape index (κ3) is 2.59. The second-order valence-electron chi connectivity index (χ2n) is 2.70. The highest BCUT2D eigenvalue weighted by Gasteiger charge is 2.13. The number of hydrogen-bond donors (Lipinski definition) is 1. The molecule has 72 valence electrons. The van der Waals surface area contributed by atoms with Crippen molar-refractivity contribution in [3.05, 3.63) is 20.3 Å². The van der Waals surface area contributed by atoms with Crippen LogP contribution >= 0.6 is 27.3 Å². The second-order valence-corrected chi connectivity index (χ2v) is 4.84. The van der Waals surface area contributed by atoms with E-state index < -0.39 is 0 Å². The summed E-state index contributed by atoms with van der Waals surface area (Å²) in [7, 11) is 0. The molecule has 0 amide bonds. The molecule has 0 saturated heterocycles. The fourth-order valence-electron chi connectivity index (χ4n) is 0.995. The van der Waals surface area contributed by atoms with Crippen molar-refractivity contribution in [3.63, 3.8) is 0 Å². The Morgan fingerprint density at radius 2 is 2.50 bits per heavy atom. The van der Waals surface area contributed by atoms with Crippen LogP contribution in [0.2, 0.25) is 0 Å². The summed E-state index contributed by atoms with van der Waals surface area (Å²) in [5.41, 5.74) is 0. The topological polar surface area (TPSA) is 35.8 Å². The molecule has 1 atom stereocenters. The normalized spacial score (nSPS) is 11.7. The molecule has 0 fully saturated rings. The van der Waals surface area contributed by atoms with Gasteiger partial charge in [0.2, 0.25) is 0 Å². The van der Waals surface area contributed by atoms with E-state index in [-0.39, 0.29) is 6.04 Å². The summed E-state index contributed by atoms with van der Waals surface area (Å²) in [5, 5.41) is 11.9. The van der Waals surface area contributed by atoms with E-state index in [9.17, 15) is 0 Å². The van der Waals surface area contributed by atoms with Crippen molar-refractivity contribution in [1.82, 2.24) is 5.32 Å². The molecular weight excluding hydrogens is 260 g/mol. The molecule has 0 aliphatic carbocycles. The average Bonchev–Trinajstić information content (AvgIpc) is 2.48. The monoisotopic (exact) mass is 268 g/mol. The fraction of sp³-hybridized carbons (Fsp3) is 0.300. The largest absolute Gasteiger partial charge is 0.287 e. The molecule has 2 nitrogen and oxygen atoms in total. The van der Waals surface area contributed by atoms with Crippen LogP contribution in [0.25, 0.3) is 0 Å². The summed E-state index contributed by atoms with van der Waals surface area (Å²) in [5.74, 6) is 2.45. The van der Waals surface area contributed by atoms with E-state index >= 15 is 0 Å². The minimum Gasteiger partial charge on any atom is -0.287 e. The smallest absolute Gasteiger partial charge is 0.131 e. The molecule has 0 saturated carbocycles. The Bertz CT molecular complexity index is 378. The van der Waals surface area contributed by atoms with Gasteiger partial charge in [0.05, 0.1) is 12.6 Å². The van der Waals surface area contributed by atoms with Gasteiger partial charge in [0.1, 0.15) is 6.04 Å². The van der Waals surface area contributed by atoms with Gasteiger partial charge in [-0.05, 0) is 28.9 Å². The lowest BCUT2D eigenvalue weighted by Gasteiger charge is -2.05. The molecule has 1 heterocycles. The molecule has 1 rings (SSSR count). The number of rotatable bonds is 3. The number of thiophene rings is 1. The van der Waals surface area contributed by atoms with Crippen LogP contribution in [0.4, 0.5) is 0 Å². The zero-order chi connectivity index (χ0) is 10.6. The number of nitrogens with zero attached hydrogens (tertiary/aromatic N) is 1. The van der Waals surface area contributed by atoms with Gasteiger partial charge >= 0.3 is 0 Å². The van der Waals surface area contributed by atoms with Gasteiger partial charge in [0, 0.05) is 14.2 Å². The number of halogens is 1. The first-order chi connectivity index (χ1) is 6.69. The SMILES string of the molecule is C#CCNC(C#N)c1cc(Br)c(C)s1. The molecule has 1 aromatic rings. The van der Waals surface area contributed by atoms with Crippen LogP contribution in [0.5, 0.6) is 0 Å². The number of nitriles is 1. The van der Waals surface area contributed by atoms with Crippen molar-refractivity contribution >= 4 is 27.3 Å². The van der Waals surface area contributed by atoms with Crippen molar-refractivity contribution < 1.29 is 0 Å². The molecule has 1 unspecified atom stereocenters. The van der Waals surface area contributed by atoms with Gasteiger partial charge in [0.25, 0.3) is 0 Å². The lowest BCUT2D eigenvalue weighted by Crippen LogP contribution is -2.18. The molecule has 0 spiro atoms. The van der Waals surface area contributed by atoms with Crippen LogP contribution in [0.15, 0.2) is 10.5 Å². The highest BCUT2D eigenvalue weighted by Crippen LogP contribution is 2.30. The first-order valence-electron chi connectivity index (χ1n) is 4.01. The fourth-order valence-corrected chi connectivity index (χ4v) is 2.58. The summed E-state index contributed by atoms with van der Waals surface area (Å²) in [4.78, 5) is 2.16. The van der Waals surface area contributed by atoms with Gasteiger partial charge in [0.15, 0.2) is 0 Å². The van der Waals surface area contributed by atoms with E-state index in [0.717, 1.165) is 9.35 Å². The van der Waals surface area contributed by atoms with Crippen molar-refractivity contribution in [2.24, 2.45) is 0 Å². The van der Waals surface area contributed by atoms with Gasteiger partial charge in [-0.1, -0.05) is 5.92 Å². The Hall–Kier alpha value is -0.810. The average molecular weight is 269 g/mol. The Morgan fingerprint density at radius 1 is 1.79 bits per heavy atom. The third-order valence-electron chi connectivity index (χ3n) is 1.70. The molecule has 4 heteroatoms. The van der Waals surface area contributed by atoms with Gasteiger partial charge in [-0.15, -0.1) is 17.8 Å². The Morgan fingerprint density at radius 3 is 2.93 bits per heavy atom. The van der Waals surface area contributed by atoms with Gasteiger partial charge in [-0.25, -0.2) is 0 Å². The third-order valence-corrected chi connectivity index (χ3v) is 3.90. The Labute approximate surface area is 96.1 Å². The predicted octanol–water partition coefficient (Wildman–Crippen LogP) is 2.61. The van der Waals surface area contributed by atoms with Crippen molar-refractivity contribution in [2.75, 3.05) is 6.54 Å². The standard InChI is InChI=1S/C10H9BrN2S/c1-3-4-13-9(6-12)10-5-8(11)7(2)14-10/h1,5,9,13H,4H2,2H3. The Balaban J connectivity index is 2.81. The minimum atomic E-state index is -0.305. The van der Waals surface area contributed by atoms with Crippen molar-refractivity contribution in [1.29, 1.82) is 5.26 Å². The first kappa shape index (κ1) is 11.3. The van der Waals surface area contributed by atoms with Crippen LogP contribution in [-0.4, -0.2) is 6.54 Å². The number of hydrogen-bond acceptors (Lipinski definition) is 3. The minimum absolute atomic E-state index is 0.305. The van der Waals surface area contributed by atoms with Crippen molar-refractivity contribution in [3.8, 4) is 18.4 Å². The molecule has 0 aromatic carbocycles. The highest BCUT2D eigenvalue weighted by molar-refractivity contribution is 9.10. The van der Waals surface area contributed by atoms with Crippen LogP contribution in [0.3, 0.4) is 0 Å². The quantitative estimate of drug-likeness (QED) is 0.856. The first-order valence-corrected chi connectivity index (χ1v) is 5.62. The summed E-state index contributed by atoms with van der Waals surface area (Å²) >= 11 is 5.01. The zero-order valence-electron chi connectivity index (χ0n) is 7.67. The van der Waals surface area contributed by atoms with E-state index in [0.29, 0.717) is 6.54 Å². The van der Waals surface area contributed by atoms with Gasteiger partial charge in [-0.3, -0.25) is 5.32 Å². The molecule has 0 aliphatic heterocycles. The summed E-state index contributed by atoms with van der Waals surface area (Å²) in [6.07, 6.45) is 5.12. The van der Waals surface area contributed by atoms with E-state index in [1.54, 1.807) is 11.3 Å². The second kappa shape index (κ2) is 5.17. The maximum atomic E-state index is 8.92. The number of terminal acetylenes is 1. The summed E-state index contributed by atoms with van der Waals surface area (Å²) in [6.45, 7) is 2.42. The molecule has 0 bridgehead atoms. The van der Waals surface area contributed by atoms with Crippen LogP contribution < -0.4 is 5.32 Å². The number of nitrogens with one attached hydrogen (secondary N) is 1. The van der Waals surface area contributed by atoms with Gasteiger partial charge in [-0.2, -0.15) is 5.26 Å². The van der Waals surface area contributed by atoms with Crippen LogP contribution in [-0.2, 0) is 0 Å². The number of aryl methyl sites for hydroxylation is 1. The Kier molecular flexibility index (Phi) is 4.16. The van der Waals surface area contributed by atoms with E-state index in [1.807, 2.05) is 13.0 Å². The molecule has 1 N–H and O–H groups in total. The van der Waals surface area contributed by atoms with E-state index in [1.165, 1.54) is 4.88 Å². The van der Waals surface area contributed by atoms with Crippen LogP contribution in [0.1, 0.15) is 15.8 Å². The predicted molar refractivity (Wildman–Crippen MR) is 61.9 cm³/mol. The molecule has 0 radical (unpaired) electrons. The summed E-state index contributed by atoms with van der Waals surface area (Å²) in [6, 6.07) is 3.83. The zero-order valence-corrected chi connectivity index (χ0v) is 10.1. The molecule has 1 aromatic heterocycles. The van der Waals surface area contributed by atoms with E-state index in [4.69, 9.17) is 11.7 Å². The maximum absolute atomic E-state index is 8.92. The lowest BCUT2D eigenvalue weighted by atomic mass is 10.2. The van der Waals surface area contributed by atoms with Gasteiger partial charge < -0.3 is 0 Å².